The number of hydrogen-bond acceptors (Lipinski definition) is 2. The van der Waals surface area contributed by atoms with Crippen LogP contribution in [-0.4, -0.2) is 24.8 Å². The van der Waals surface area contributed by atoms with Gasteiger partial charge in [-0.1, -0.05) is 13.8 Å². The first-order valence-corrected chi connectivity index (χ1v) is 5.16. The fraction of sp³-hybridized carbons (Fsp3) is 0.909. The summed E-state index contributed by atoms with van der Waals surface area (Å²) < 4.78 is 5.13. The molecule has 0 atom stereocenters. The highest BCUT2D eigenvalue weighted by Gasteiger charge is 2.37. The van der Waals surface area contributed by atoms with Gasteiger partial charge in [0, 0.05) is 7.11 Å². The Balaban J connectivity index is 2.25. The molecular formula is C11H20O3. The van der Waals surface area contributed by atoms with E-state index in [0.717, 1.165) is 25.9 Å². The average molecular weight is 200 g/mol. The van der Waals surface area contributed by atoms with Crippen molar-refractivity contribution in [2.24, 2.45) is 17.3 Å². The first-order chi connectivity index (χ1) is 6.44. The Morgan fingerprint density at radius 3 is 2.50 bits per heavy atom. The predicted octanol–water partition coefficient (Wildman–Crippen LogP) is 2.16. The van der Waals surface area contributed by atoms with Crippen LogP contribution in [0.5, 0.6) is 0 Å². The van der Waals surface area contributed by atoms with Crippen LogP contribution in [0.2, 0.25) is 0 Å². The predicted molar refractivity (Wildman–Crippen MR) is 54.1 cm³/mol. The molecule has 1 rings (SSSR count). The molecule has 3 heteroatoms. The number of rotatable bonds is 5. The molecule has 0 heterocycles. The fourth-order valence-corrected chi connectivity index (χ4v) is 2.34. The van der Waals surface area contributed by atoms with Crippen molar-refractivity contribution in [1.82, 2.24) is 0 Å². The maximum absolute atomic E-state index is 10.6. The van der Waals surface area contributed by atoms with Gasteiger partial charge in [-0.2, -0.15) is 0 Å². The van der Waals surface area contributed by atoms with Gasteiger partial charge in [-0.3, -0.25) is 4.79 Å². The summed E-state index contributed by atoms with van der Waals surface area (Å²) in [4.78, 5) is 10.6. The van der Waals surface area contributed by atoms with Gasteiger partial charge >= 0.3 is 5.97 Å². The molecule has 0 bridgehead atoms. The number of carbonyl (C=O) groups is 1. The molecule has 0 radical (unpaired) electrons. The zero-order valence-corrected chi connectivity index (χ0v) is 9.25. The van der Waals surface area contributed by atoms with Crippen LogP contribution in [0.15, 0.2) is 0 Å². The van der Waals surface area contributed by atoms with E-state index in [9.17, 15) is 4.79 Å². The quantitative estimate of drug-likeness (QED) is 0.739. The second-order valence-electron chi connectivity index (χ2n) is 5.17. The van der Waals surface area contributed by atoms with Crippen molar-refractivity contribution in [2.45, 2.75) is 33.1 Å². The summed E-state index contributed by atoms with van der Waals surface area (Å²) in [7, 11) is 1.71. The van der Waals surface area contributed by atoms with Crippen molar-refractivity contribution in [3.63, 3.8) is 0 Å². The summed E-state index contributed by atoms with van der Waals surface area (Å²) >= 11 is 0. The number of carboxylic acids is 1. The lowest BCUT2D eigenvalue weighted by atomic mass is 9.68. The third kappa shape index (κ3) is 2.98. The van der Waals surface area contributed by atoms with Gasteiger partial charge < -0.3 is 9.84 Å². The molecule has 0 aromatic carbocycles. The molecule has 1 aliphatic rings. The van der Waals surface area contributed by atoms with E-state index in [1.807, 2.05) is 0 Å². The molecule has 0 unspecified atom stereocenters. The number of aliphatic carboxylic acids is 1. The van der Waals surface area contributed by atoms with Crippen molar-refractivity contribution in [2.75, 3.05) is 13.7 Å². The molecule has 14 heavy (non-hydrogen) atoms. The smallest absolute Gasteiger partial charge is 0.306 e. The first kappa shape index (κ1) is 11.5. The summed E-state index contributed by atoms with van der Waals surface area (Å²) in [6.45, 7) is 5.09. The highest BCUT2D eigenvalue weighted by atomic mass is 16.5. The summed E-state index contributed by atoms with van der Waals surface area (Å²) in [5.74, 6) is -0.134. The largest absolute Gasteiger partial charge is 0.481 e. The number of hydrogen-bond donors (Lipinski definition) is 1. The highest BCUT2D eigenvalue weighted by Crippen LogP contribution is 2.41. The van der Waals surface area contributed by atoms with Crippen molar-refractivity contribution >= 4 is 5.97 Å². The third-order valence-electron chi connectivity index (χ3n) is 2.96. The molecule has 1 saturated carbocycles. The molecule has 0 saturated heterocycles. The standard InChI is InChI=1S/C11H20O3/c1-11(2,7-14-3)6-8-4-9(5-8)10(12)13/h8-9H,4-7H2,1-3H3,(H,12,13). The number of ether oxygens (including phenoxy) is 1. The zero-order valence-electron chi connectivity index (χ0n) is 9.25. The van der Waals surface area contributed by atoms with E-state index in [-0.39, 0.29) is 11.3 Å². The molecule has 82 valence electrons. The molecule has 0 amide bonds. The normalized spacial score (nSPS) is 27.1. The van der Waals surface area contributed by atoms with E-state index in [1.165, 1.54) is 0 Å². The van der Waals surface area contributed by atoms with E-state index in [4.69, 9.17) is 9.84 Å². The average Bonchev–Trinajstić information content (AvgIpc) is 1.95. The van der Waals surface area contributed by atoms with E-state index >= 15 is 0 Å². The fourth-order valence-electron chi connectivity index (χ4n) is 2.34. The van der Waals surface area contributed by atoms with E-state index in [1.54, 1.807) is 7.11 Å². The lowest BCUT2D eigenvalue weighted by molar-refractivity contribution is -0.147. The van der Waals surface area contributed by atoms with Gasteiger partial charge in [-0.15, -0.1) is 0 Å². The van der Waals surface area contributed by atoms with Gasteiger partial charge in [-0.25, -0.2) is 0 Å². The summed E-state index contributed by atoms with van der Waals surface area (Å²) in [6, 6.07) is 0. The van der Waals surface area contributed by atoms with Gasteiger partial charge in [0.05, 0.1) is 12.5 Å². The van der Waals surface area contributed by atoms with Crippen LogP contribution in [0.1, 0.15) is 33.1 Å². The van der Waals surface area contributed by atoms with Crippen molar-refractivity contribution < 1.29 is 14.6 Å². The van der Waals surface area contributed by atoms with Crippen molar-refractivity contribution in [1.29, 1.82) is 0 Å². The Labute approximate surface area is 85.5 Å². The first-order valence-electron chi connectivity index (χ1n) is 5.16. The minimum absolute atomic E-state index is 0.0849. The molecule has 0 aromatic rings. The monoisotopic (exact) mass is 200 g/mol. The zero-order chi connectivity index (χ0) is 10.8. The van der Waals surface area contributed by atoms with Crippen LogP contribution in [0.3, 0.4) is 0 Å². The number of carboxylic acid groups (broad SMARTS) is 1. The second kappa shape index (κ2) is 4.30. The van der Waals surface area contributed by atoms with Crippen LogP contribution in [0.4, 0.5) is 0 Å². The highest BCUT2D eigenvalue weighted by molar-refractivity contribution is 5.71. The summed E-state index contributed by atoms with van der Waals surface area (Å²) in [5.41, 5.74) is 0.183. The summed E-state index contributed by atoms with van der Waals surface area (Å²) in [5, 5.41) is 8.73. The maximum atomic E-state index is 10.6. The Hall–Kier alpha value is -0.570. The van der Waals surface area contributed by atoms with Gasteiger partial charge in [0.2, 0.25) is 0 Å². The molecule has 0 aromatic heterocycles. The Kier molecular flexibility index (Phi) is 3.53. The molecule has 1 N–H and O–H groups in total. The SMILES string of the molecule is COCC(C)(C)CC1CC(C(=O)O)C1. The Morgan fingerprint density at radius 2 is 2.07 bits per heavy atom. The van der Waals surface area contributed by atoms with Crippen LogP contribution in [0, 0.1) is 17.3 Å². The third-order valence-corrected chi connectivity index (χ3v) is 2.96. The number of methoxy groups -OCH3 is 1. The molecule has 0 spiro atoms. The Morgan fingerprint density at radius 1 is 1.50 bits per heavy atom. The van der Waals surface area contributed by atoms with Crippen LogP contribution in [-0.2, 0) is 9.53 Å². The summed E-state index contributed by atoms with van der Waals surface area (Å²) in [6.07, 6.45) is 2.77. The Bertz CT molecular complexity index is 205. The molecule has 1 fully saturated rings. The van der Waals surface area contributed by atoms with Crippen LogP contribution < -0.4 is 0 Å². The van der Waals surface area contributed by atoms with Crippen molar-refractivity contribution in [3.8, 4) is 0 Å². The lowest BCUT2D eigenvalue weighted by Crippen LogP contribution is -2.34. The van der Waals surface area contributed by atoms with Gasteiger partial charge in [0.1, 0.15) is 0 Å². The minimum atomic E-state index is -0.634. The second-order valence-corrected chi connectivity index (χ2v) is 5.17. The molecule has 0 aliphatic heterocycles. The molecular weight excluding hydrogens is 180 g/mol. The van der Waals surface area contributed by atoms with Gasteiger partial charge in [0.25, 0.3) is 0 Å². The lowest BCUT2D eigenvalue weighted by Gasteiger charge is -2.37. The minimum Gasteiger partial charge on any atom is -0.481 e. The van der Waals surface area contributed by atoms with Crippen molar-refractivity contribution in [3.05, 3.63) is 0 Å². The van der Waals surface area contributed by atoms with E-state index in [0.29, 0.717) is 5.92 Å². The topological polar surface area (TPSA) is 46.5 Å². The maximum Gasteiger partial charge on any atom is 0.306 e. The van der Waals surface area contributed by atoms with Crippen LogP contribution >= 0.6 is 0 Å². The molecule has 3 nitrogen and oxygen atoms in total. The van der Waals surface area contributed by atoms with E-state index in [2.05, 4.69) is 13.8 Å². The van der Waals surface area contributed by atoms with Gasteiger partial charge in [-0.05, 0) is 30.6 Å². The molecule has 1 aliphatic carbocycles. The van der Waals surface area contributed by atoms with E-state index < -0.39 is 5.97 Å². The van der Waals surface area contributed by atoms with Gasteiger partial charge in [0.15, 0.2) is 0 Å². The van der Waals surface area contributed by atoms with Crippen LogP contribution in [0.25, 0.3) is 0 Å².